The van der Waals surface area contributed by atoms with Crippen molar-refractivity contribution in [2.45, 2.75) is 25.2 Å². The fraction of sp³-hybridized carbons (Fsp3) is 0.714. The number of carbonyl (C=O) groups excluding carboxylic acids is 1. The van der Waals surface area contributed by atoms with Crippen LogP contribution in [0.4, 0.5) is 4.39 Å². The van der Waals surface area contributed by atoms with Gasteiger partial charge in [-0.3, -0.25) is 14.4 Å². The first-order valence-corrected chi connectivity index (χ1v) is 7.36. The molecule has 0 saturated carbocycles. The fourth-order valence-corrected chi connectivity index (χ4v) is 3.04. The molecule has 1 aromatic heterocycles. The second-order valence-corrected chi connectivity index (χ2v) is 5.66. The number of nitrogens with zero attached hydrogens (tertiary/aromatic N) is 4. The van der Waals surface area contributed by atoms with E-state index < -0.39 is 6.17 Å². The molecule has 0 unspecified atom stereocenters. The van der Waals surface area contributed by atoms with Crippen molar-refractivity contribution in [2.75, 3.05) is 32.8 Å². The van der Waals surface area contributed by atoms with Gasteiger partial charge in [0.2, 0.25) is 5.91 Å². The molecule has 0 aliphatic carbocycles. The molecule has 6 nitrogen and oxygen atoms in total. The first-order chi connectivity index (χ1) is 10.1. The van der Waals surface area contributed by atoms with Crippen molar-refractivity contribution in [1.29, 1.82) is 0 Å². The molecule has 7 heteroatoms. The van der Waals surface area contributed by atoms with Crippen LogP contribution >= 0.6 is 0 Å². The second-order valence-electron chi connectivity index (χ2n) is 5.66. The summed E-state index contributed by atoms with van der Waals surface area (Å²) in [7, 11) is 1.86. The maximum absolute atomic E-state index is 13.8. The quantitative estimate of drug-likeness (QED) is 0.799. The lowest BCUT2D eigenvalue weighted by atomic mass is 10.1. The van der Waals surface area contributed by atoms with E-state index in [1.165, 1.54) is 0 Å². The Hall–Kier alpha value is -1.47. The number of morpholine rings is 1. The highest BCUT2D eigenvalue weighted by atomic mass is 19.1. The Morgan fingerprint density at radius 3 is 2.90 bits per heavy atom. The average Bonchev–Trinajstić information content (AvgIpc) is 3.06. The van der Waals surface area contributed by atoms with Crippen LogP contribution in [-0.4, -0.2) is 70.5 Å². The van der Waals surface area contributed by atoms with E-state index >= 15 is 0 Å². The Morgan fingerprint density at radius 2 is 2.24 bits per heavy atom. The molecule has 1 amide bonds. The summed E-state index contributed by atoms with van der Waals surface area (Å²) in [5.41, 5.74) is 0.990. The minimum absolute atomic E-state index is 0.0284. The molecule has 3 heterocycles. The van der Waals surface area contributed by atoms with Crippen LogP contribution in [0.25, 0.3) is 0 Å². The number of halogens is 1. The summed E-state index contributed by atoms with van der Waals surface area (Å²) in [5.74, 6) is 0.0284. The SMILES string of the molecule is Cn1nccc1CN1C[C@H](F)C[C@H]1C(=O)N1CCOCC1. The maximum atomic E-state index is 13.8. The smallest absolute Gasteiger partial charge is 0.240 e. The summed E-state index contributed by atoms with van der Waals surface area (Å²) < 4.78 is 20.9. The molecule has 0 spiro atoms. The zero-order valence-electron chi connectivity index (χ0n) is 12.2. The average molecular weight is 296 g/mol. The van der Waals surface area contributed by atoms with Crippen molar-refractivity contribution in [1.82, 2.24) is 19.6 Å². The summed E-state index contributed by atoms with van der Waals surface area (Å²) in [6.07, 6.45) is 1.07. The zero-order valence-corrected chi connectivity index (χ0v) is 12.2. The Morgan fingerprint density at radius 1 is 1.48 bits per heavy atom. The van der Waals surface area contributed by atoms with Crippen LogP contribution in [0.15, 0.2) is 12.3 Å². The second kappa shape index (κ2) is 6.11. The third-order valence-corrected chi connectivity index (χ3v) is 4.25. The summed E-state index contributed by atoms with van der Waals surface area (Å²) in [6.45, 7) is 3.21. The number of ether oxygens (including phenoxy) is 1. The fourth-order valence-electron chi connectivity index (χ4n) is 3.04. The highest BCUT2D eigenvalue weighted by Gasteiger charge is 2.39. The molecule has 2 atom stereocenters. The van der Waals surface area contributed by atoms with E-state index in [2.05, 4.69) is 5.10 Å². The van der Waals surface area contributed by atoms with E-state index in [1.807, 2.05) is 18.0 Å². The van der Waals surface area contributed by atoms with E-state index in [0.717, 1.165) is 5.69 Å². The predicted molar refractivity (Wildman–Crippen MR) is 74.3 cm³/mol. The number of amides is 1. The minimum atomic E-state index is -0.937. The molecule has 1 aromatic rings. The van der Waals surface area contributed by atoms with Gasteiger partial charge in [0.1, 0.15) is 6.17 Å². The molecule has 0 radical (unpaired) electrons. The molecule has 2 aliphatic rings. The van der Waals surface area contributed by atoms with Crippen molar-refractivity contribution in [3.05, 3.63) is 18.0 Å². The van der Waals surface area contributed by atoms with Gasteiger partial charge >= 0.3 is 0 Å². The highest BCUT2D eigenvalue weighted by molar-refractivity contribution is 5.82. The number of carbonyl (C=O) groups is 1. The highest BCUT2D eigenvalue weighted by Crippen LogP contribution is 2.24. The molecule has 116 valence electrons. The van der Waals surface area contributed by atoms with Gasteiger partial charge in [-0.2, -0.15) is 5.10 Å². The van der Waals surface area contributed by atoms with Crippen molar-refractivity contribution in [3.63, 3.8) is 0 Å². The summed E-state index contributed by atoms with van der Waals surface area (Å²) in [5, 5.41) is 4.12. The number of rotatable bonds is 3. The summed E-state index contributed by atoms with van der Waals surface area (Å²) in [6, 6.07) is 1.54. The number of hydrogen-bond donors (Lipinski definition) is 0. The van der Waals surface area contributed by atoms with E-state index in [1.54, 1.807) is 15.8 Å². The number of aromatic nitrogens is 2. The largest absolute Gasteiger partial charge is 0.378 e. The third-order valence-electron chi connectivity index (χ3n) is 4.25. The van der Waals surface area contributed by atoms with Crippen LogP contribution in [0.1, 0.15) is 12.1 Å². The molecule has 3 rings (SSSR count). The van der Waals surface area contributed by atoms with Gasteiger partial charge in [0, 0.05) is 45.8 Å². The van der Waals surface area contributed by atoms with Gasteiger partial charge < -0.3 is 9.64 Å². The van der Waals surface area contributed by atoms with E-state index in [4.69, 9.17) is 4.74 Å². The first-order valence-electron chi connectivity index (χ1n) is 7.36. The van der Waals surface area contributed by atoms with Crippen LogP contribution in [0, 0.1) is 0 Å². The van der Waals surface area contributed by atoms with Gasteiger partial charge in [-0.25, -0.2) is 4.39 Å². The van der Waals surface area contributed by atoms with E-state index in [9.17, 15) is 9.18 Å². The Kier molecular flexibility index (Phi) is 4.21. The number of likely N-dealkylation sites (tertiary alicyclic amines) is 1. The lowest BCUT2D eigenvalue weighted by molar-refractivity contribution is -0.140. The van der Waals surface area contributed by atoms with Gasteiger partial charge in [-0.05, 0) is 6.07 Å². The summed E-state index contributed by atoms with van der Waals surface area (Å²) >= 11 is 0. The number of aryl methyl sites for hydroxylation is 1. The lowest BCUT2D eigenvalue weighted by Crippen LogP contribution is -2.49. The molecule has 2 fully saturated rings. The van der Waals surface area contributed by atoms with Crippen LogP contribution in [0.5, 0.6) is 0 Å². The Labute approximate surface area is 123 Å². The third kappa shape index (κ3) is 3.08. The van der Waals surface area contributed by atoms with Crippen LogP contribution in [-0.2, 0) is 23.1 Å². The predicted octanol–water partition coefficient (Wildman–Crippen LogP) is 0.191. The number of hydrogen-bond acceptors (Lipinski definition) is 4. The summed E-state index contributed by atoms with van der Waals surface area (Å²) in [4.78, 5) is 16.3. The molecule has 0 aromatic carbocycles. The van der Waals surface area contributed by atoms with Crippen LogP contribution < -0.4 is 0 Å². The van der Waals surface area contributed by atoms with Crippen LogP contribution in [0.3, 0.4) is 0 Å². The zero-order chi connectivity index (χ0) is 14.8. The van der Waals surface area contributed by atoms with Gasteiger partial charge in [0.15, 0.2) is 0 Å². The Balaban J connectivity index is 1.69. The van der Waals surface area contributed by atoms with Gasteiger partial charge in [0.25, 0.3) is 0 Å². The number of alkyl halides is 1. The van der Waals surface area contributed by atoms with Crippen LogP contribution in [0.2, 0.25) is 0 Å². The molecule has 2 aliphatic heterocycles. The van der Waals surface area contributed by atoms with Crippen molar-refractivity contribution in [3.8, 4) is 0 Å². The normalized spacial score (nSPS) is 27.2. The minimum Gasteiger partial charge on any atom is -0.378 e. The van der Waals surface area contributed by atoms with Gasteiger partial charge in [-0.15, -0.1) is 0 Å². The molecule has 21 heavy (non-hydrogen) atoms. The Bertz CT molecular complexity index is 501. The van der Waals surface area contributed by atoms with Crippen molar-refractivity contribution >= 4 is 5.91 Å². The molecule has 0 N–H and O–H groups in total. The monoisotopic (exact) mass is 296 g/mol. The molecule has 0 bridgehead atoms. The van der Waals surface area contributed by atoms with Gasteiger partial charge in [0.05, 0.1) is 24.9 Å². The van der Waals surface area contributed by atoms with E-state index in [0.29, 0.717) is 39.4 Å². The molecule has 2 saturated heterocycles. The van der Waals surface area contributed by atoms with Gasteiger partial charge in [-0.1, -0.05) is 0 Å². The van der Waals surface area contributed by atoms with Crippen molar-refractivity contribution < 1.29 is 13.9 Å². The maximum Gasteiger partial charge on any atom is 0.240 e. The first kappa shape index (κ1) is 14.5. The molecular weight excluding hydrogens is 275 g/mol. The topological polar surface area (TPSA) is 50.6 Å². The van der Waals surface area contributed by atoms with Crippen molar-refractivity contribution in [2.24, 2.45) is 7.05 Å². The standard InChI is InChI=1S/C14H21FN4O2/c1-17-12(2-3-16-17)10-19-9-11(15)8-13(19)14(20)18-4-6-21-7-5-18/h2-3,11,13H,4-10H2,1H3/t11-,13+/m1/s1. The van der Waals surface area contributed by atoms with E-state index in [-0.39, 0.29) is 18.4 Å². The lowest BCUT2D eigenvalue weighted by Gasteiger charge is -2.32. The molecular formula is C14H21FN4O2.